The highest BCUT2D eigenvalue weighted by molar-refractivity contribution is 5.47. The molecule has 3 nitrogen and oxygen atoms in total. The van der Waals surface area contributed by atoms with Crippen LogP contribution in [0.4, 0.5) is 0 Å². The molecule has 0 unspecified atom stereocenters. The van der Waals surface area contributed by atoms with Crippen LogP contribution in [0.1, 0.15) is 49.3 Å². The van der Waals surface area contributed by atoms with Crippen LogP contribution < -0.4 is 4.74 Å². The van der Waals surface area contributed by atoms with E-state index in [0.717, 1.165) is 17.9 Å². The predicted octanol–water partition coefficient (Wildman–Crippen LogP) is 2.87. The minimum absolute atomic E-state index is 0.276. The SMILES string of the molecule is COc1ccc2c(c1)[C@]13CCCC[C@H]1[C@H]([C@@H]2O)N(C)CC3. The monoisotopic (exact) mass is 287 g/mol. The lowest BCUT2D eigenvalue weighted by molar-refractivity contribution is -0.0680. The Kier molecular flexibility index (Phi) is 3.05. The van der Waals surface area contributed by atoms with Crippen LogP contribution in [-0.2, 0) is 5.41 Å². The topological polar surface area (TPSA) is 32.7 Å². The van der Waals surface area contributed by atoms with Crippen molar-refractivity contribution in [2.45, 2.75) is 49.7 Å². The van der Waals surface area contributed by atoms with E-state index in [4.69, 9.17) is 4.74 Å². The van der Waals surface area contributed by atoms with Crippen molar-refractivity contribution in [2.75, 3.05) is 20.7 Å². The maximum Gasteiger partial charge on any atom is 0.119 e. The smallest absolute Gasteiger partial charge is 0.119 e. The van der Waals surface area contributed by atoms with E-state index in [-0.39, 0.29) is 11.5 Å². The van der Waals surface area contributed by atoms with Gasteiger partial charge in [-0.1, -0.05) is 18.9 Å². The number of piperidine rings is 1. The molecule has 4 rings (SSSR count). The van der Waals surface area contributed by atoms with Gasteiger partial charge in [0, 0.05) is 11.5 Å². The third kappa shape index (κ3) is 1.74. The molecule has 0 aromatic heterocycles. The van der Waals surface area contributed by atoms with Gasteiger partial charge in [0.05, 0.1) is 13.2 Å². The molecule has 2 bridgehead atoms. The Morgan fingerprint density at radius 1 is 1.29 bits per heavy atom. The molecule has 2 aliphatic carbocycles. The van der Waals surface area contributed by atoms with Gasteiger partial charge in [0.1, 0.15) is 5.75 Å². The van der Waals surface area contributed by atoms with Crippen LogP contribution in [0, 0.1) is 5.92 Å². The molecule has 1 heterocycles. The predicted molar refractivity (Wildman–Crippen MR) is 82.6 cm³/mol. The first kappa shape index (κ1) is 13.6. The van der Waals surface area contributed by atoms with Crippen molar-refractivity contribution in [3.63, 3.8) is 0 Å². The van der Waals surface area contributed by atoms with Crippen LogP contribution in [0.25, 0.3) is 0 Å². The highest BCUT2D eigenvalue weighted by atomic mass is 16.5. The lowest BCUT2D eigenvalue weighted by Gasteiger charge is -2.59. The molecule has 3 heteroatoms. The highest BCUT2D eigenvalue weighted by Crippen LogP contribution is 2.58. The zero-order valence-electron chi connectivity index (χ0n) is 13.0. The Hall–Kier alpha value is -1.06. The number of aliphatic hydroxyl groups excluding tert-OH is 1. The number of nitrogens with zero attached hydrogens (tertiary/aromatic N) is 1. The average Bonchev–Trinajstić information content (AvgIpc) is 2.53. The number of likely N-dealkylation sites (N-methyl/N-ethyl adjacent to an activating group) is 1. The first-order valence-electron chi connectivity index (χ1n) is 8.24. The highest BCUT2D eigenvalue weighted by Gasteiger charge is 2.56. The zero-order chi connectivity index (χ0) is 14.6. The summed E-state index contributed by atoms with van der Waals surface area (Å²) in [7, 11) is 3.91. The maximum atomic E-state index is 11.0. The molecule has 2 fully saturated rings. The summed E-state index contributed by atoms with van der Waals surface area (Å²) in [5.74, 6) is 1.52. The Morgan fingerprint density at radius 3 is 2.95 bits per heavy atom. The van der Waals surface area contributed by atoms with Crippen molar-refractivity contribution in [2.24, 2.45) is 5.92 Å². The number of likely N-dealkylation sites (tertiary alicyclic amines) is 1. The van der Waals surface area contributed by atoms with Gasteiger partial charge in [0.15, 0.2) is 0 Å². The lowest BCUT2D eigenvalue weighted by Crippen LogP contribution is -2.61. The maximum absolute atomic E-state index is 11.0. The van der Waals surface area contributed by atoms with Crippen LogP contribution in [0.3, 0.4) is 0 Å². The Bertz CT molecular complexity index is 558. The molecular weight excluding hydrogens is 262 g/mol. The summed E-state index contributed by atoms with van der Waals surface area (Å²) in [6, 6.07) is 6.59. The molecule has 0 amide bonds. The van der Waals surface area contributed by atoms with Gasteiger partial charge in [-0.15, -0.1) is 0 Å². The third-order valence-corrected chi connectivity index (χ3v) is 6.37. The molecule has 0 spiro atoms. The van der Waals surface area contributed by atoms with Crippen LogP contribution in [0.15, 0.2) is 18.2 Å². The van der Waals surface area contributed by atoms with E-state index in [1.165, 1.54) is 37.7 Å². The van der Waals surface area contributed by atoms with E-state index < -0.39 is 0 Å². The van der Waals surface area contributed by atoms with Gasteiger partial charge in [-0.2, -0.15) is 0 Å². The van der Waals surface area contributed by atoms with Gasteiger partial charge >= 0.3 is 0 Å². The number of hydrogen-bond acceptors (Lipinski definition) is 3. The molecule has 1 aliphatic heterocycles. The minimum atomic E-state index is -0.354. The molecule has 1 N–H and O–H groups in total. The summed E-state index contributed by atoms with van der Waals surface area (Å²) in [6.07, 6.45) is 6.02. The standard InChI is InChI=1S/C18H25NO2/c1-19-10-9-18-8-4-3-5-14(18)16(19)17(20)13-7-6-12(21-2)11-15(13)18/h6-7,11,14,16-17,20H,3-5,8-10H2,1-2H3/t14-,16+,17+,18-/m0/s1. The molecule has 1 aromatic carbocycles. The molecule has 21 heavy (non-hydrogen) atoms. The van der Waals surface area contributed by atoms with Gasteiger partial charge in [-0.25, -0.2) is 0 Å². The second-order valence-corrected chi connectivity index (χ2v) is 7.13. The van der Waals surface area contributed by atoms with E-state index in [0.29, 0.717) is 12.0 Å². The third-order valence-electron chi connectivity index (χ3n) is 6.37. The normalized spacial score (nSPS) is 38.5. The summed E-state index contributed by atoms with van der Waals surface area (Å²) < 4.78 is 5.46. The second kappa shape index (κ2) is 4.72. The number of benzene rings is 1. The Balaban J connectivity index is 1.92. The summed E-state index contributed by atoms with van der Waals surface area (Å²) in [5, 5.41) is 11.0. The van der Waals surface area contributed by atoms with Crippen molar-refractivity contribution < 1.29 is 9.84 Å². The fourth-order valence-electron chi connectivity index (χ4n) is 5.37. The average molecular weight is 287 g/mol. The van der Waals surface area contributed by atoms with Crippen molar-refractivity contribution in [1.29, 1.82) is 0 Å². The van der Waals surface area contributed by atoms with E-state index in [1.807, 2.05) is 6.07 Å². The summed E-state index contributed by atoms with van der Waals surface area (Å²) in [6.45, 7) is 1.09. The van der Waals surface area contributed by atoms with E-state index in [9.17, 15) is 5.11 Å². The Labute approximate surface area is 126 Å². The molecule has 4 atom stereocenters. The fraction of sp³-hybridized carbons (Fsp3) is 0.667. The quantitative estimate of drug-likeness (QED) is 0.862. The van der Waals surface area contributed by atoms with Gasteiger partial charge in [-0.3, -0.25) is 0 Å². The fourth-order valence-corrected chi connectivity index (χ4v) is 5.37. The van der Waals surface area contributed by atoms with Crippen LogP contribution in [-0.4, -0.2) is 36.8 Å². The minimum Gasteiger partial charge on any atom is -0.497 e. The summed E-state index contributed by atoms with van der Waals surface area (Å²) in [4.78, 5) is 2.39. The number of fused-ring (bicyclic) bond motifs is 1. The number of hydrogen-bond donors (Lipinski definition) is 1. The molecule has 1 saturated carbocycles. The first-order chi connectivity index (χ1) is 10.2. The number of ether oxygens (including phenoxy) is 1. The van der Waals surface area contributed by atoms with Crippen LogP contribution in [0.5, 0.6) is 5.75 Å². The van der Waals surface area contributed by atoms with Gasteiger partial charge in [-0.05, 0) is 62.0 Å². The number of methoxy groups -OCH3 is 1. The van der Waals surface area contributed by atoms with E-state index in [2.05, 4.69) is 24.1 Å². The van der Waals surface area contributed by atoms with Gasteiger partial charge in [0.2, 0.25) is 0 Å². The van der Waals surface area contributed by atoms with E-state index >= 15 is 0 Å². The zero-order valence-corrected chi connectivity index (χ0v) is 13.0. The number of aliphatic hydroxyl groups is 1. The molecular formula is C18H25NO2. The first-order valence-corrected chi connectivity index (χ1v) is 8.24. The molecule has 0 radical (unpaired) electrons. The molecule has 1 aromatic rings. The summed E-state index contributed by atoms with van der Waals surface area (Å²) in [5.41, 5.74) is 2.80. The van der Waals surface area contributed by atoms with Crippen LogP contribution in [0.2, 0.25) is 0 Å². The van der Waals surface area contributed by atoms with E-state index in [1.54, 1.807) is 7.11 Å². The molecule has 3 aliphatic rings. The van der Waals surface area contributed by atoms with Gasteiger partial charge in [0.25, 0.3) is 0 Å². The van der Waals surface area contributed by atoms with Crippen molar-refractivity contribution in [1.82, 2.24) is 4.90 Å². The number of rotatable bonds is 1. The van der Waals surface area contributed by atoms with Crippen molar-refractivity contribution >= 4 is 0 Å². The van der Waals surface area contributed by atoms with Crippen LogP contribution >= 0.6 is 0 Å². The Morgan fingerprint density at radius 2 is 2.14 bits per heavy atom. The lowest BCUT2D eigenvalue weighted by atomic mass is 9.52. The molecule has 1 saturated heterocycles. The van der Waals surface area contributed by atoms with Gasteiger partial charge < -0.3 is 14.7 Å². The second-order valence-electron chi connectivity index (χ2n) is 7.13. The van der Waals surface area contributed by atoms with Crippen molar-refractivity contribution in [3.05, 3.63) is 29.3 Å². The summed E-state index contributed by atoms with van der Waals surface area (Å²) >= 11 is 0. The largest absolute Gasteiger partial charge is 0.497 e. The molecule has 114 valence electrons. The van der Waals surface area contributed by atoms with Crippen molar-refractivity contribution in [3.8, 4) is 5.75 Å².